The zero-order chi connectivity index (χ0) is 25.7. The van der Waals surface area contributed by atoms with Gasteiger partial charge < -0.3 is 9.84 Å². The highest BCUT2D eigenvalue weighted by molar-refractivity contribution is 7.86. The first-order chi connectivity index (χ1) is 17.2. The minimum Gasteiger partial charge on any atom is -0.489 e. The first kappa shape index (κ1) is 25.2. The van der Waals surface area contributed by atoms with E-state index in [1.54, 1.807) is 12.1 Å². The van der Waals surface area contributed by atoms with Crippen molar-refractivity contribution in [2.75, 3.05) is 6.61 Å². The number of hydrogen-bond donors (Lipinski definition) is 2. The minimum absolute atomic E-state index is 0.0817. The lowest BCUT2D eigenvalue weighted by Gasteiger charge is -2.13. The average molecular weight is 508 g/mol. The van der Waals surface area contributed by atoms with Crippen molar-refractivity contribution in [1.82, 2.24) is 4.98 Å². The highest BCUT2D eigenvalue weighted by atomic mass is 32.2. The predicted molar refractivity (Wildman–Crippen MR) is 136 cm³/mol. The van der Waals surface area contributed by atoms with Crippen LogP contribution in [0.1, 0.15) is 31.2 Å². The number of benzene rings is 3. The molecule has 0 atom stereocenters. The third-order valence-corrected chi connectivity index (χ3v) is 6.49. The summed E-state index contributed by atoms with van der Waals surface area (Å²) < 4.78 is 40.0. The fraction of sp³-hybridized carbons (Fsp3) is 0.231. The second-order valence-electron chi connectivity index (χ2n) is 8.39. The second-order valence-corrected chi connectivity index (χ2v) is 9.78. The largest absolute Gasteiger partial charge is 0.489 e. The van der Waals surface area contributed by atoms with Gasteiger partial charge in [0, 0.05) is 18.0 Å². The molecular weight excluding hydrogens is 482 g/mol. The molecule has 36 heavy (non-hydrogen) atoms. The summed E-state index contributed by atoms with van der Waals surface area (Å²) in [5.41, 5.74) is 2.02. The number of fused-ring (bicyclic) bond motifs is 2. The van der Waals surface area contributed by atoms with Crippen molar-refractivity contribution < 1.29 is 27.6 Å². The Morgan fingerprint density at radius 3 is 2.56 bits per heavy atom. The molecule has 9 nitrogen and oxygen atoms in total. The smallest absolute Gasteiger partial charge is 0.303 e. The third-order valence-electron chi connectivity index (χ3n) is 5.60. The fourth-order valence-corrected chi connectivity index (χ4v) is 4.56. The van der Waals surface area contributed by atoms with E-state index in [0.717, 1.165) is 16.3 Å². The quantitative estimate of drug-likeness (QED) is 0.144. The molecule has 4 rings (SSSR count). The number of rotatable bonds is 10. The molecule has 1 heterocycles. The van der Waals surface area contributed by atoms with E-state index in [1.807, 2.05) is 31.2 Å². The molecule has 0 saturated heterocycles. The maximum absolute atomic E-state index is 12.1. The van der Waals surface area contributed by atoms with Crippen LogP contribution in [0.2, 0.25) is 0 Å². The molecule has 0 amide bonds. The number of carboxylic acids is 1. The van der Waals surface area contributed by atoms with E-state index in [0.29, 0.717) is 24.9 Å². The summed E-state index contributed by atoms with van der Waals surface area (Å²) in [6.07, 6.45) is 3.32. The number of pyridine rings is 1. The standard InChI is InChI=1S/C26H25N3O6S/c1-17-8-9-19-15-20(11-10-18(19)14-17)28-29-22-16-23(36(32,33)34)21-6-5-12-27-25(21)26(22)35-13-4-2-3-7-24(30)31/h5-6,8-12,14-16H,2-4,7,13H2,1H3,(H,30,31)(H,32,33,34). The zero-order valence-corrected chi connectivity index (χ0v) is 20.4. The van der Waals surface area contributed by atoms with Gasteiger partial charge in [0.15, 0.2) is 5.75 Å². The first-order valence-corrected chi connectivity index (χ1v) is 12.8. The van der Waals surface area contributed by atoms with Gasteiger partial charge in [-0.25, -0.2) is 0 Å². The van der Waals surface area contributed by atoms with Crippen molar-refractivity contribution in [2.45, 2.75) is 37.5 Å². The van der Waals surface area contributed by atoms with E-state index in [2.05, 4.69) is 21.3 Å². The van der Waals surface area contributed by atoms with Gasteiger partial charge in [0.2, 0.25) is 0 Å². The van der Waals surface area contributed by atoms with Crippen LogP contribution in [0.5, 0.6) is 5.75 Å². The molecule has 3 aromatic carbocycles. The summed E-state index contributed by atoms with van der Waals surface area (Å²) in [7, 11) is -4.58. The predicted octanol–water partition coefficient (Wildman–Crippen LogP) is 6.38. The first-order valence-electron chi connectivity index (χ1n) is 11.4. The number of nitrogens with zero attached hydrogens (tertiary/aromatic N) is 3. The molecule has 2 N–H and O–H groups in total. The van der Waals surface area contributed by atoms with E-state index in [9.17, 15) is 17.8 Å². The van der Waals surface area contributed by atoms with Crippen molar-refractivity contribution in [2.24, 2.45) is 10.2 Å². The monoisotopic (exact) mass is 507 g/mol. The van der Waals surface area contributed by atoms with E-state index in [4.69, 9.17) is 9.84 Å². The number of aromatic nitrogens is 1. The van der Waals surface area contributed by atoms with Crippen molar-refractivity contribution in [3.8, 4) is 5.75 Å². The van der Waals surface area contributed by atoms with Crippen LogP contribution >= 0.6 is 0 Å². The van der Waals surface area contributed by atoms with Crippen LogP contribution in [-0.4, -0.2) is 35.6 Å². The van der Waals surface area contributed by atoms with Crippen LogP contribution in [0.25, 0.3) is 21.7 Å². The molecule has 0 fully saturated rings. The molecule has 186 valence electrons. The van der Waals surface area contributed by atoms with E-state index >= 15 is 0 Å². The molecule has 10 heteroatoms. The summed E-state index contributed by atoms with van der Waals surface area (Å²) in [4.78, 5) is 14.6. The molecule has 0 bridgehead atoms. The van der Waals surface area contributed by atoms with Crippen LogP contribution in [0.15, 0.2) is 75.9 Å². The molecule has 0 radical (unpaired) electrons. The van der Waals surface area contributed by atoms with Crippen LogP contribution in [-0.2, 0) is 14.9 Å². The van der Waals surface area contributed by atoms with Gasteiger partial charge in [-0.3, -0.25) is 14.3 Å². The lowest BCUT2D eigenvalue weighted by atomic mass is 10.1. The lowest BCUT2D eigenvalue weighted by molar-refractivity contribution is -0.137. The van der Waals surface area contributed by atoms with Gasteiger partial charge in [-0.05, 0) is 67.3 Å². The van der Waals surface area contributed by atoms with Crippen LogP contribution < -0.4 is 4.74 Å². The van der Waals surface area contributed by atoms with Gasteiger partial charge in [-0.2, -0.15) is 13.5 Å². The number of aryl methyl sites for hydroxylation is 1. The Kier molecular flexibility index (Phi) is 7.56. The van der Waals surface area contributed by atoms with Gasteiger partial charge in [0.1, 0.15) is 16.1 Å². The summed E-state index contributed by atoms with van der Waals surface area (Å²) in [5, 5.41) is 19.6. The van der Waals surface area contributed by atoms with Crippen molar-refractivity contribution in [3.05, 3.63) is 66.4 Å². The van der Waals surface area contributed by atoms with E-state index in [-0.39, 0.29) is 40.3 Å². The fourth-order valence-electron chi connectivity index (χ4n) is 3.86. The van der Waals surface area contributed by atoms with Crippen molar-refractivity contribution in [1.29, 1.82) is 0 Å². The molecule has 0 unspecified atom stereocenters. The van der Waals surface area contributed by atoms with Crippen LogP contribution in [0.4, 0.5) is 11.4 Å². The molecule has 0 aliphatic rings. The molecule has 0 aliphatic carbocycles. The highest BCUT2D eigenvalue weighted by Crippen LogP contribution is 2.40. The SMILES string of the molecule is Cc1ccc2cc(N=Nc3cc(S(=O)(=O)O)c4cccnc4c3OCCCCCC(=O)O)ccc2c1. The second kappa shape index (κ2) is 10.8. The van der Waals surface area contributed by atoms with Gasteiger partial charge >= 0.3 is 5.97 Å². The Balaban J connectivity index is 1.70. The number of ether oxygens (including phenoxy) is 1. The summed E-state index contributed by atoms with van der Waals surface area (Å²) in [6, 6.07) is 15.9. The Bertz CT molecular complexity index is 1570. The van der Waals surface area contributed by atoms with Crippen molar-refractivity contribution >= 4 is 49.1 Å². The molecule has 0 saturated carbocycles. The van der Waals surface area contributed by atoms with Crippen molar-refractivity contribution in [3.63, 3.8) is 0 Å². The summed E-state index contributed by atoms with van der Waals surface area (Å²) >= 11 is 0. The zero-order valence-electron chi connectivity index (χ0n) is 19.6. The normalized spacial score (nSPS) is 11.9. The Morgan fingerprint density at radius 2 is 1.78 bits per heavy atom. The Hall–Kier alpha value is -3.89. The number of hydrogen-bond acceptors (Lipinski definition) is 7. The van der Waals surface area contributed by atoms with Gasteiger partial charge in [-0.15, -0.1) is 5.11 Å². The van der Waals surface area contributed by atoms with Crippen LogP contribution in [0.3, 0.4) is 0 Å². The maximum atomic E-state index is 12.1. The van der Waals surface area contributed by atoms with Gasteiger partial charge in [-0.1, -0.05) is 29.8 Å². The minimum atomic E-state index is -4.58. The highest BCUT2D eigenvalue weighted by Gasteiger charge is 2.21. The molecular formula is C26H25N3O6S. The van der Waals surface area contributed by atoms with Gasteiger partial charge in [0.25, 0.3) is 10.1 Å². The number of carboxylic acid groups (broad SMARTS) is 1. The maximum Gasteiger partial charge on any atom is 0.303 e. The molecule has 0 spiro atoms. The Labute approximate surface area is 208 Å². The lowest BCUT2D eigenvalue weighted by Crippen LogP contribution is -2.04. The number of aliphatic carboxylic acids is 1. The average Bonchev–Trinajstić information content (AvgIpc) is 2.84. The Morgan fingerprint density at radius 1 is 1.00 bits per heavy atom. The molecule has 0 aliphatic heterocycles. The van der Waals surface area contributed by atoms with E-state index in [1.165, 1.54) is 18.3 Å². The number of carbonyl (C=O) groups is 1. The van der Waals surface area contributed by atoms with Gasteiger partial charge in [0.05, 0.1) is 12.3 Å². The number of azo groups is 1. The van der Waals surface area contributed by atoms with Crippen LogP contribution in [0, 0.1) is 6.92 Å². The topological polar surface area (TPSA) is 139 Å². The molecule has 1 aromatic heterocycles. The summed E-state index contributed by atoms with van der Waals surface area (Å²) in [5.74, 6) is -0.616. The molecule has 4 aromatic rings. The summed E-state index contributed by atoms with van der Waals surface area (Å²) in [6.45, 7) is 2.26. The van der Waals surface area contributed by atoms with E-state index < -0.39 is 16.1 Å². The number of unbranched alkanes of at least 4 members (excludes halogenated alkanes) is 2. The third kappa shape index (κ3) is 6.02.